The molecular weight excluding hydrogens is 312 g/mol. The average molecular weight is 344 g/mol. The highest BCUT2D eigenvalue weighted by Crippen LogP contribution is 2.55. The molecule has 0 radical (unpaired) electrons. The molecule has 3 aliphatic rings. The Morgan fingerprint density at radius 2 is 1.92 bits per heavy atom. The third-order valence-corrected chi connectivity index (χ3v) is 7.33. The maximum Gasteiger partial charge on any atom is 0.161 e. The zero-order chi connectivity index (χ0) is 17.5. The van der Waals surface area contributed by atoms with E-state index in [1.165, 1.54) is 63.7 Å². The number of fused-ring (bicyclic) bond motifs is 1. The Bertz CT molecular complexity index is 626. The normalized spacial score (nSPS) is 35.6. The smallest absolute Gasteiger partial charge is 0.161 e. The lowest BCUT2D eigenvalue weighted by Gasteiger charge is -2.52. The first kappa shape index (κ1) is 17.2. The molecule has 1 N–H and O–H groups in total. The SMILES string of the molecule is COc1ccc(C23CCN(C)C2CC2(CCCNC2)CC3)cc1OC. The van der Waals surface area contributed by atoms with E-state index in [1.807, 2.05) is 0 Å². The zero-order valence-corrected chi connectivity index (χ0v) is 15.9. The molecule has 2 saturated heterocycles. The van der Waals surface area contributed by atoms with Crippen LogP contribution in [0.2, 0.25) is 0 Å². The Kier molecular flexibility index (Phi) is 4.45. The summed E-state index contributed by atoms with van der Waals surface area (Å²) in [6, 6.07) is 7.25. The third kappa shape index (κ3) is 2.74. The topological polar surface area (TPSA) is 33.7 Å². The molecule has 1 aliphatic carbocycles. The van der Waals surface area contributed by atoms with E-state index in [9.17, 15) is 0 Å². The summed E-state index contributed by atoms with van der Waals surface area (Å²) in [5, 5.41) is 3.67. The van der Waals surface area contributed by atoms with Crippen LogP contribution in [0.1, 0.15) is 44.1 Å². The Balaban J connectivity index is 1.68. The van der Waals surface area contributed by atoms with Crippen molar-refractivity contribution in [1.29, 1.82) is 0 Å². The van der Waals surface area contributed by atoms with Crippen molar-refractivity contribution in [3.8, 4) is 11.5 Å². The van der Waals surface area contributed by atoms with Gasteiger partial charge in [-0.05, 0) is 81.8 Å². The predicted molar refractivity (Wildman–Crippen MR) is 101 cm³/mol. The molecule has 138 valence electrons. The number of ether oxygens (including phenoxy) is 2. The molecular formula is C21H32N2O2. The van der Waals surface area contributed by atoms with Crippen LogP contribution in [-0.2, 0) is 5.41 Å². The minimum Gasteiger partial charge on any atom is -0.493 e. The molecule has 0 amide bonds. The van der Waals surface area contributed by atoms with Crippen LogP contribution in [0.5, 0.6) is 11.5 Å². The summed E-state index contributed by atoms with van der Waals surface area (Å²) < 4.78 is 11.1. The van der Waals surface area contributed by atoms with Gasteiger partial charge >= 0.3 is 0 Å². The Morgan fingerprint density at radius 1 is 1.08 bits per heavy atom. The highest BCUT2D eigenvalue weighted by molar-refractivity contribution is 5.46. The third-order valence-electron chi connectivity index (χ3n) is 7.33. The van der Waals surface area contributed by atoms with Gasteiger partial charge in [-0.15, -0.1) is 0 Å². The lowest BCUT2D eigenvalue weighted by atomic mass is 9.57. The first-order chi connectivity index (χ1) is 12.1. The van der Waals surface area contributed by atoms with Crippen molar-refractivity contribution in [2.45, 2.75) is 50.0 Å². The van der Waals surface area contributed by atoms with Gasteiger partial charge in [0.2, 0.25) is 0 Å². The van der Waals surface area contributed by atoms with Gasteiger partial charge in [-0.1, -0.05) is 6.07 Å². The molecule has 3 unspecified atom stereocenters. The van der Waals surface area contributed by atoms with Gasteiger partial charge in [-0.2, -0.15) is 0 Å². The molecule has 2 aliphatic heterocycles. The van der Waals surface area contributed by atoms with E-state index in [0.717, 1.165) is 11.5 Å². The molecule has 0 aromatic heterocycles. The van der Waals surface area contributed by atoms with E-state index in [0.29, 0.717) is 11.5 Å². The van der Waals surface area contributed by atoms with E-state index in [2.05, 4.69) is 35.5 Å². The molecule has 0 bridgehead atoms. The number of benzene rings is 1. The zero-order valence-electron chi connectivity index (χ0n) is 15.9. The molecule has 4 heteroatoms. The van der Waals surface area contributed by atoms with E-state index < -0.39 is 0 Å². The van der Waals surface area contributed by atoms with Crippen LogP contribution in [0.25, 0.3) is 0 Å². The van der Waals surface area contributed by atoms with E-state index in [1.54, 1.807) is 14.2 Å². The number of likely N-dealkylation sites (N-methyl/N-ethyl adjacent to an activating group) is 1. The van der Waals surface area contributed by atoms with Gasteiger partial charge in [0.15, 0.2) is 11.5 Å². The molecule has 1 spiro atoms. The first-order valence-corrected chi connectivity index (χ1v) is 9.76. The molecule has 3 atom stereocenters. The highest BCUT2D eigenvalue weighted by Gasteiger charge is 2.54. The molecule has 4 rings (SSSR count). The summed E-state index contributed by atoms with van der Waals surface area (Å²) in [4.78, 5) is 2.62. The number of nitrogens with zero attached hydrogens (tertiary/aromatic N) is 1. The Hall–Kier alpha value is -1.26. The molecule has 2 heterocycles. The number of hydrogen-bond donors (Lipinski definition) is 1. The van der Waals surface area contributed by atoms with Crippen molar-refractivity contribution in [3.63, 3.8) is 0 Å². The standard InChI is InChI=1S/C21H32N2O2/c1-23-12-10-21(16-5-6-17(24-2)18(13-16)25-3)9-8-20(14-19(21)23)7-4-11-22-15-20/h5-6,13,19,22H,4,7-12,14-15H2,1-3H3. The fourth-order valence-corrected chi connectivity index (χ4v) is 5.81. The van der Waals surface area contributed by atoms with Gasteiger partial charge in [0.1, 0.15) is 0 Å². The number of methoxy groups -OCH3 is 2. The van der Waals surface area contributed by atoms with E-state index in [-0.39, 0.29) is 5.41 Å². The second-order valence-corrected chi connectivity index (χ2v) is 8.46. The highest BCUT2D eigenvalue weighted by atomic mass is 16.5. The van der Waals surface area contributed by atoms with Crippen LogP contribution in [0.15, 0.2) is 18.2 Å². The summed E-state index contributed by atoms with van der Waals surface area (Å²) in [7, 11) is 5.77. The van der Waals surface area contributed by atoms with Crippen LogP contribution in [-0.4, -0.2) is 51.8 Å². The first-order valence-electron chi connectivity index (χ1n) is 9.76. The van der Waals surface area contributed by atoms with Gasteiger partial charge in [-0.25, -0.2) is 0 Å². The Labute approximate surface area is 151 Å². The number of piperidine rings is 1. The minimum absolute atomic E-state index is 0.275. The number of likely N-dealkylation sites (tertiary alicyclic amines) is 1. The van der Waals surface area contributed by atoms with Gasteiger partial charge in [0.25, 0.3) is 0 Å². The summed E-state index contributed by atoms with van der Waals surface area (Å²) in [5.41, 5.74) is 2.23. The van der Waals surface area contributed by atoms with Crippen molar-refractivity contribution < 1.29 is 9.47 Å². The maximum atomic E-state index is 5.60. The number of rotatable bonds is 3. The summed E-state index contributed by atoms with van der Waals surface area (Å²) in [5.74, 6) is 1.69. The fraction of sp³-hybridized carbons (Fsp3) is 0.714. The van der Waals surface area contributed by atoms with Crippen LogP contribution in [0.3, 0.4) is 0 Å². The molecule has 1 aromatic carbocycles. The minimum atomic E-state index is 0.275. The van der Waals surface area contributed by atoms with Gasteiger partial charge < -0.3 is 19.7 Å². The molecule has 25 heavy (non-hydrogen) atoms. The Morgan fingerprint density at radius 3 is 2.64 bits per heavy atom. The second kappa shape index (κ2) is 6.48. The van der Waals surface area contributed by atoms with Gasteiger partial charge in [0, 0.05) is 18.0 Å². The molecule has 3 fully saturated rings. The lowest BCUT2D eigenvalue weighted by molar-refractivity contribution is 0.0486. The largest absolute Gasteiger partial charge is 0.493 e. The lowest BCUT2D eigenvalue weighted by Crippen LogP contribution is -2.53. The quantitative estimate of drug-likeness (QED) is 0.913. The van der Waals surface area contributed by atoms with Crippen LogP contribution < -0.4 is 14.8 Å². The summed E-state index contributed by atoms with van der Waals surface area (Å²) in [6.07, 6.45) is 7.95. The van der Waals surface area contributed by atoms with Gasteiger partial charge in [0.05, 0.1) is 14.2 Å². The van der Waals surface area contributed by atoms with E-state index in [4.69, 9.17) is 9.47 Å². The van der Waals surface area contributed by atoms with Crippen LogP contribution in [0, 0.1) is 5.41 Å². The van der Waals surface area contributed by atoms with Crippen molar-refractivity contribution in [2.75, 3.05) is 40.9 Å². The number of hydrogen-bond acceptors (Lipinski definition) is 4. The van der Waals surface area contributed by atoms with Crippen molar-refractivity contribution >= 4 is 0 Å². The van der Waals surface area contributed by atoms with Crippen molar-refractivity contribution in [1.82, 2.24) is 10.2 Å². The van der Waals surface area contributed by atoms with Crippen molar-refractivity contribution in [2.24, 2.45) is 5.41 Å². The second-order valence-electron chi connectivity index (χ2n) is 8.46. The van der Waals surface area contributed by atoms with Crippen molar-refractivity contribution in [3.05, 3.63) is 23.8 Å². The van der Waals surface area contributed by atoms with Crippen LogP contribution in [0.4, 0.5) is 0 Å². The molecule has 4 nitrogen and oxygen atoms in total. The average Bonchev–Trinajstić information content (AvgIpc) is 2.99. The number of nitrogens with one attached hydrogen (secondary N) is 1. The summed E-state index contributed by atoms with van der Waals surface area (Å²) >= 11 is 0. The monoisotopic (exact) mass is 344 g/mol. The summed E-state index contributed by atoms with van der Waals surface area (Å²) in [6.45, 7) is 3.60. The fourth-order valence-electron chi connectivity index (χ4n) is 5.81. The molecule has 1 saturated carbocycles. The predicted octanol–water partition coefficient (Wildman–Crippen LogP) is 3.20. The van der Waals surface area contributed by atoms with Crippen LogP contribution >= 0.6 is 0 Å². The molecule has 1 aromatic rings. The van der Waals surface area contributed by atoms with E-state index >= 15 is 0 Å². The maximum absolute atomic E-state index is 5.60. The van der Waals surface area contributed by atoms with Gasteiger partial charge in [-0.3, -0.25) is 0 Å².